The van der Waals surface area contributed by atoms with E-state index >= 15 is 0 Å². The highest BCUT2D eigenvalue weighted by Gasteiger charge is 2.42. The van der Waals surface area contributed by atoms with Crippen molar-refractivity contribution < 1.29 is 27.8 Å². The van der Waals surface area contributed by atoms with Crippen LogP contribution in [0, 0.1) is 24.4 Å². The molecular weight excluding hydrogens is 339 g/mol. The van der Waals surface area contributed by atoms with Gasteiger partial charge in [0, 0.05) is 18.6 Å². The van der Waals surface area contributed by atoms with Crippen LogP contribution in [0.5, 0.6) is 5.75 Å². The lowest BCUT2D eigenvalue weighted by Gasteiger charge is -2.27. The second-order valence-corrected chi connectivity index (χ2v) is 5.49. The smallest absolute Gasteiger partial charge is 0.371 e. The number of aliphatic carboxylic acids is 1. The van der Waals surface area contributed by atoms with Crippen LogP contribution < -0.4 is 4.74 Å². The van der Waals surface area contributed by atoms with Crippen molar-refractivity contribution in [3.8, 4) is 5.75 Å². The summed E-state index contributed by atoms with van der Waals surface area (Å²) >= 11 is 0. The first kappa shape index (κ1) is 16.7. The Balaban J connectivity index is 2.16. The SMILES string of the molecule is Cc1c(F)cc(OC(C)(C(=O)O)n2nnc3ccccc32)c(F)c1F. The van der Waals surface area contributed by atoms with Crippen LogP contribution in [0.25, 0.3) is 11.0 Å². The van der Waals surface area contributed by atoms with Gasteiger partial charge in [-0.25, -0.2) is 13.6 Å². The number of carboxylic acids is 1. The fourth-order valence-corrected chi connectivity index (χ4v) is 2.31. The normalized spacial score (nSPS) is 13.6. The summed E-state index contributed by atoms with van der Waals surface area (Å²) in [5.41, 5.74) is -2.15. The zero-order valence-electron chi connectivity index (χ0n) is 13.1. The molecule has 1 atom stereocenters. The van der Waals surface area contributed by atoms with Crippen molar-refractivity contribution in [2.75, 3.05) is 0 Å². The monoisotopic (exact) mass is 351 g/mol. The van der Waals surface area contributed by atoms with Crippen molar-refractivity contribution >= 4 is 17.0 Å². The van der Waals surface area contributed by atoms with Crippen LogP contribution in [0.15, 0.2) is 30.3 Å². The molecule has 1 unspecified atom stereocenters. The molecule has 25 heavy (non-hydrogen) atoms. The molecule has 1 heterocycles. The van der Waals surface area contributed by atoms with Crippen LogP contribution in [0.4, 0.5) is 13.2 Å². The predicted octanol–water partition coefficient (Wildman–Crippen LogP) is 2.99. The standard InChI is InChI=1S/C16H12F3N3O3/c1-8-9(17)7-12(14(19)13(8)18)25-16(2,15(23)24)22-11-6-4-3-5-10(11)20-21-22/h3-7H,1-2H3,(H,23,24). The summed E-state index contributed by atoms with van der Waals surface area (Å²) in [6.07, 6.45) is 0. The zero-order chi connectivity index (χ0) is 18.4. The van der Waals surface area contributed by atoms with E-state index in [-0.39, 0.29) is 0 Å². The quantitative estimate of drug-likeness (QED) is 0.731. The first-order chi connectivity index (χ1) is 11.8. The lowest BCUT2D eigenvalue weighted by molar-refractivity contribution is -0.164. The maximum Gasteiger partial charge on any atom is 0.371 e. The molecule has 0 aliphatic carbocycles. The molecule has 0 amide bonds. The number of ether oxygens (including phenoxy) is 1. The molecule has 130 valence electrons. The van der Waals surface area contributed by atoms with Crippen molar-refractivity contribution in [2.45, 2.75) is 19.6 Å². The summed E-state index contributed by atoms with van der Waals surface area (Å²) in [7, 11) is 0. The minimum atomic E-state index is -2.29. The molecule has 0 aliphatic rings. The van der Waals surface area contributed by atoms with Crippen molar-refractivity contribution in [1.82, 2.24) is 15.0 Å². The lowest BCUT2D eigenvalue weighted by Crippen LogP contribution is -2.45. The van der Waals surface area contributed by atoms with E-state index in [1.807, 2.05) is 0 Å². The van der Waals surface area contributed by atoms with Crippen molar-refractivity contribution in [3.05, 3.63) is 53.3 Å². The third kappa shape index (κ3) is 2.57. The van der Waals surface area contributed by atoms with Crippen LogP contribution in [-0.2, 0) is 10.5 Å². The van der Waals surface area contributed by atoms with Crippen LogP contribution in [-0.4, -0.2) is 26.1 Å². The van der Waals surface area contributed by atoms with Gasteiger partial charge < -0.3 is 9.84 Å². The van der Waals surface area contributed by atoms with Gasteiger partial charge in [0.25, 0.3) is 5.72 Å². The van der Waals surface area contributed by atoms with E-state index in [9.17, 15) is 23.1 Å². The van der Waals surface area contributed by atoms with E-state index < -0.39 is 40.5 Å². The molecule has 0 saturated carbocycles. The van der Waals surface area contributed by atoms with E-state index in [1.54, 1.807) is 18.2 Å². The largest absolute Gasteiger partial charge is 0.477 e. The van der Waals surface area contributed by atoms with E-state index in [4.69, 9.17) is 4.74 Å². The summed E-state index contributed by atoms with van der Waals surface area (Å²) in [6.45, 7) is 2.13. The van der Waals surface area contributed by atoms with Gasteiger partial charge >= 0.3 is 5.97 Å². The summed E-state index contributed by atoms with van der Waals surface area (Å²) in [4.78, 5) is 11.8. The molecule has 0 aliphatic heterocycles. The Morgan fingerprint density at radius 3 is 2.60 bits per heavy atom. The third-order valence-electron chi connectivity index (χ3n) is 3.82. The van der Waals surface area contributed by atoms with Gasteiger partial charge in [0.05, 0.1) is 5.52 Å². The van der Waals surface area contributed by atoms with Crippen molar-refractivity contribution in [1.29, 1.82) is 0 Å². The molecular formula is C16H12F3N3O3. The topological polar surface area (TPSA) is 77.2 Å². The van der Waals surface area contributed by atoms with E-state index in [0.717, 1.165) is 18.5 Å². The average molecular weight is 351 g/mol. The van der Waals surface area contributed by atoms with Gasteiger partial charge in [0.1, 0.15) is 11.3 Å². The number of benzene rings is 2. The van der Waals surface area contributed by atoms with Crippen LogP contribution in [0.2, 0.25) is 0 Å². The molecule has 0 bridgehead atoms. The number of para-hydroxylation sites is 1. The highest BCUT2D eigenvalue weighted by atomic mass is 19.2. The zero-order valence-corrected chi connectivity index (χ0v) is 13.1. The van der Waals surface area contributed by atoms with Crippen LogP contribution in [0.1, 0.15) is 12.5 Å². The van der Waals surface area contributed by atoms with Gasteiger partial charge in [-0.15, -0.1) is 5.10 Å². The molecule has 3 aromatic rings. The Morgan fingerprint density at radius 1 is 1.24 bits per heavy atom. The van der Waals surface area contributed by atoms with Gasteiger partial charge in [-0.05, 0) is 19.1 Å². The minimum Gasteiger partial charge on any atom is -0.477 e. The average Bonchev–Trinajstić information content (AvgIpc) is 3.02. The minimum absolute atomic E-state index is 0.292. The highest BCUT2D eigenvalue weighted by Crippen LogP contribution is 2.31. The van der Waals surface area contributed by atoms with E-state index in [0.29, 0.717) is 17.1 Å². The molecule has 0 radical (unpaired) electrons. The maximum atomic E-state index is 14.1. The number of hydrogen-bond acceptors (Lipinski definition) is 4. The Kier molecular flexibility index (Phi) is 3.86. The molecule has 9 heteroatoms. The number of halogens is 3. The van der Waals surface area contributed by atoms with E-state index in [1.165, 1.54) is 6.07 Å². The predicted molar refractivity (Wildman–Crippen MR) is 80.5 cm³/mol. The number of hydrogen-bond donors (Lipinski definition) is 1. The highest BCUT2D eigenvalue weighted by molar-refractivity contribution is 5.80. The number of carbonyl (C=O) groups is 1. The first-order valence-electron chi connectivity index (χ1n) is 7.13. The van der Waals surface area contributed by atoms with Crippen LogP contribution in [0.3, 0.4) is 0 Å². The van der Waals surface area contributed by atoms with Crippen molar-refractivity contribution in [3.63, 3.8) is 0 Å². The summed E-state index contributed by atoms with van der Waals surface area (Å²) in [5, 5.41) is 17.1. The molecule has 0 saturated heterocycles. The fourth-order valence-electron chi connectivity index (χ4n) is 2.31. The first-order valence-corrected chi connectivity index (χ1v) is 7.13. The van der Waals surface area contributed by atoms with Crippen molar-refractivity contribution in [2.24, 2.45) is 0 Å². The van der Waals surface area contributed by atoms with Gasteiger partial charge in [0.15, 0.2) is 11.6 Å². The number of carboxylic acid groups (broad SMARTS) is 1. The summed E-state index contributed by atoms with van der Waals surface area (Å²) < 4.78 is 47.6. The number of rotatable bonds is 4. The molecule has 0 fully saturated rings. The van der Waals surface area contributed by atoms with Gasteiger partial charge in [-0.2, -0.15) is 9.07 Å². The van der Waals surface area contributed by atoms with Gasteiger partial charge in [0.2, 0.25) is 5.82 Å². The Morgan fingerprint density at radius 2 is 1.92 bits per heavy atom. The maximum absolute atomic E-state index is 14.1. The third-order valence-corrected chi connectivity index (χ3v) is 3.82. The van der Waals surface area contributed by atoms with Crippen LogP contribution >= 0.6 is 0 Å². The Labute approximate surface area is 139 Å². The fraction of sp³-hybridized carbons (Fsp3) is 0.188. The molecule has 1 N–H and O–H groups in total. The molecule has 3 rings (SSSR count). The second-order valence-electron chi connectivity index (χ2n) is 5.49. The van der Waals surface area contributed by atoms with E-state index in [2.05, 4.69) is 10.3 Å². The number of aromatic nitrogens is 3. The molecule has 0 spiro atoms. The number of nitrogens with zero attached hydrogens (tertiary/aromatic N) is 3. The lowest BCUT2D eigenvalue weighted by atomic mass is 10.2. The molecule has 2 aromatic carbocycles. The van der Waals surface area contributed by atoms with Gasteiger partial charge in [-0.1, -0.05) is 17.3 Å². The number of fused-ring (bicyclic) bond motifs is 1. The molecule has 6 nitrogen and oxygen atoms in total. The molecule has 1 aromatic heterocycles. The second kappa shape index (κ2) is 5.76. The van der Waals surface area contributed by atoms with Gasteiger partial charge in [-0.3, -0.25) is 0 Å². The Hall–Kier alpha value is -3.10. The summed E-state index contributed by atoms with van der Waals surface area (Å²) in [6, 6.07) is 7.01. The summed E-state index contributed by atoms with van der Waals surface area (Å²) in [5.74, 6) is -6.44. The Bertz CT molecular complexity index is 989.